The predicted molar refractivity (Wildman–Crippen MR) is 210 cm³/mol. The number of thiophene rings is 1. The lowest BCUT2D eigenvalue weighted by Gasteiger charge is -2.23. The SMILES string of the molecule is CC(C)(C)Cc1ccc2c(c1)sc1c(-c3cc(C(C)(C)C)cc(Nc4cc(C(C)(C)C)cc(-c5cc(C(C)(C)C)ccn5)n4)n3)nccc12. The van der Waals surface area contributed by atoms with E-state index in [0.717, 1.165) is 45.5 Å². The molecule has 1 aromatic carbocycles. The molecule has 1 N–H and O–H groups in total. The summed E-state index contributed by atoms with van der Waals surface area (Å²) >= 11 is 1.81. The van der Waals surface area contributed by atoms with E-state index in [1.807, 2.05) is 23.7 Å². The highest BCUT2D eigenvalue weighted by atomic mass is 32.1. The number of nitrogens with one attached hydrogen (secondary N) is 1. The van der Waals surface area contributed by atoms with Gasteiger partial charge in [-0.15, -0.1) is 11.3 Å². The molecule has 0 atom stereocenters. The Labute approximate surface area is 296 Å². The maximum absolute atomic E-state index is 5.22. The third kappa shape index (κ3) is 7.70. The summed E-state index contributed by atoms with van der Waals surface area (Å²) in [7, 11) is 0. The van der Waals surface area contributed by atoms with Crippen LogP contribution in [0.3, 0.4) is 0 Å². The third-order valence-corrected chi connectivity index (χ3v) is 10.1. The second-order valence-corrected chi connectivity index (χ2v) is 18.8. The van der Waals surface area contributed by atoms with Gasteiger partial charge in [0.1, 0.15) is 17.3 Å². The van der Waals surface area contributed by atoms with Crippen LogP contribution in [0.5, 0.6) is 0 Å². The van der Waals surface area contributed by atoms with Gasteiger partial charge in [0.25, 0.3) is 0 Å². The first kappa shape index (κ1) is 34.7. The average Bonchev–Trinajstić information content (AvgIpc) is 3.36. The molecule has 5 nitrogen and oxygen atoms in total. The zero-order valence-corrected chi connectivity index (χ0v) is 32.1. The van der Waals surface area contributed by atoms with Gasteiger partial charge in [0.05, 0.1) is 21.8 Å². The lowest BCUT2D eigenvalue weighted by atomic mass is 9.85. The minimum atomic E-state index is -0.104. The van der Waals surface area contributed by atoms with Crippen molar-refractivity contribution in [3.8, 4) is 22.8 Å². The molecular weight excluding hydrogens is 619 g/mol. The van der Waals surface area contributed by atoms with Crippen LogP contribution in [0.4, 0.5) is 11.6 Å². The van der Waals surface area contributed by atoms with Crippen LogP contribution in [0.15, 0.2) is 73.1 Å². The van der Waals surface area contributed by atoms with E-state index in [1.54, 1.807) is 0 Å². The number of pyridine rings is 4. The molecule has 0 aliphatic heterocycles. The molecule has 0 amide bonds. The zero-order chi connectivity index (χ0) is 35.5. The highest BCUT2D eigenvalue weighted by molar-refractivity contribution is 7.26. The second-order valence-electron chi connectivity index (χ2n) is 17.8. The van der Waals surface area contributed by atoms with Crippen molar-refractivity contribution in [2.45, 2.75) is 106 Å². The number of rotatable bonds is 5. The van der Waals surface area contributed by atoms with Crippen LogP contribution in [0.1, 0.15) is 105 Å². The average molecular weight is 670 g/mol. The van der Waals surface area contributed by atoms with Gasteiger partial charge in [0.2, 0.25) is 0 Å². The number of anilines is 2. The maximum atomic E-state index is 5.22. The van der Waals surface area contributed by atoms with Gasteiger partial charge in [-0.25, -0.2) is 9.97 Å². The Morgan fingerprint density at radius 3 is 1.73 bits per heavy atom. The first-order chi connectivity index (χ1) is 22.7. The molecule has 6 rings (SSSR count). The van der Waals surface area contributed by atoms with E-state index in [4.69, 9.17) is 19.9 Å². The third-order valence-electron chi connectivity index (χ3n) is 8.96. The molecule has 0 spiro atoms. The van der Waals surface area contributed by atoms with Crippen molar-refractivity contribution in [1.82, 2.24) is 19.9 Å². The standard InChI is InChI=1S/C43H51N5S/c1-40(2,3)25-26-13-14-30-31-16-18-45-38(39(31)49-35(30)19-26)34-22-29(43(10,11)12)24-37(47-34)48-36-23-28(42(7,8)9)21-33(46-36)32-20-27(15-17-44-32)41(4,5)6/h13-24H,25H2,1-12H3,(H,46,47,48). The molecule has 0 saturated carbocycles. The largest absolute Gasteiger partial charge is 0.325 e. The van der Waals surface area contributed by atoms with Gasteiger partial charge in [0.15, 0.2) is 0 Å². The van der Waals surface area contributed by atoms with Gasteiger partial charge >= 0.3 is 0 Å². The lowest BCUT2D eigenvalue weighted by Crippen LogP contribution is -2.14. The van der Waals surface area contributed by atoms with Crippen LogP contribution in [0.25, 0.3) is 42.9 Å². The fourth-order valence-corrected chi connectivity index (χ4v) is 7.39. The van der Waals surface area contributed by atoms with Crippen LogP contribution in [0, 0.1) is 5.41 Å². The van der Waals surface area contributed by atoms with Crippen molar-refractivity contribution in [1.29, 1.82) is 0 Å². The fourth-order valence-electron chi connectivity index (χ4n) is 6.13. The van der Waals surface area contributed by atoms with Crippen molar-refractivity contribution in [3.63, 3.8) is 0 Å². The van der Waals surface area contributed by atoms with Crippen molar-refractivity contribution >= 4 is 43.1 Å². The van der Waals surface area contributed by atoms with E-state index in [2.05, 4.69) is 149 Å². The van der Waals surface area contributed by atoms with Crippen LogP contribution < -0.4 is 5.32 Å². The van der Waals surface area contributed by atoms with Gasteiger partial charge in [-0.1, -0.05) is 95.2 Å². The lowest BCUT2D eigenvalue weighted by molar-refractivity contribution is 0.411. The fraction of sp³-hybridized carbons (Fsp3) is 0.395. The topological polar surface area (TPSA) is 63.6 Å². The van der Waals surface area contributed by atoms with Gasteiger partial charge in [-0.2, -0.15) is 0 Å². The van der Waals surface area contributed by atoms with E-state index in [-0.39, 0.29) is 21.7 Å². The van der Waals surface area contributed by atoms with Gasteiger partial charge in [-0.05, 0) is 98.9 Å². The van der Waals surface area contributed by atoms with Crippen molar-refractivity contribution in [2.75, 3.05) is 5.32 Å². The molecule has 5 aromatic heterocycles. The number of fused-ring (bicyclic) bond motifs is 3. The van der Waals surface area contributed by atoms with Gasteiger partial charge in [0, 0.05) is 27.9 Å². The number of hydrogen-bond acceptors (Lipinski definition) is 6. The Balaban J connectivity index is 1.47. The van der Waals surface area contributed by atoms with Crippen molar-refractivity contribution in [3.05, 3.63) is 95.3 Å². The molecule has 0 unspecified atom stereocenters. The molecule has 6 aromatic rings. The molecule has 0 radical (unpaired) electrons. The first-order valence-electron chi connectivity index (χ1n) is 17.3. The summed E-state index contributed by atoms with van der Waals surface area (Å²) in [5.74, 6) is 1.49. The molecule has 5 heterocycles. The smallest absolute Gasteiger partial charge is 0.132 e. The summed E-state index contributed by atoms with van der Waals surface area (Å²) in [6.45, 7) is 27.0. The Kier molecular flexibility index (Phi) is 8.72. The van der Waals surface area contributed by atoms with E-state index >= 15 is 0 Å². The monoisotopic (exact) mass is 669 g/mol. The van der Waals surface area contributed by atoms with Gasteiger partial charge in [-0.3, -0.25) is 9.97 Å². The molecule has 0 aliphatic carbocycles. The second kappa shape index (κ2) is 12.3. The van der Waals surface area contributed by atoms with E-state index in [9.17, 15) is 0 Å². The van der Waals surface area contributed by atoms with Gasteiger partial charge < -0.3 is 5.32 Å². The Hall–Kier alpha value is -4.16. The highest BCUT2D eigenvalue weighted by Gasteiger charge is 2.23. The summed E-state index contributed by atoms with van der Waals surface area (Å²) in [4.78, 5) is 20.0. The van der Waals surface area contributed by atoms with Crippen LogP contribution in [-0.2, 0) is 22.7 Å². The molecule has 0 saturated heterocycles. The Morgan fingerprint density at radius 2 is 1.12 bits per heavy atom. The molecule has 0 aliphatic rings. The molecule has 0 bridgehead atoms. The van der Waals surface area contributed by atoms with Crippen molar-refractivity contribution in [2.24, 2.45) is 5.41 Å². The normalized spacial score (nSPS) is 13.0. The minimum absolute atomic E-state index is 0.00808. The van der Waals surface area contributed by atoms with E-state index in [1.165, 1.54) is 37.7 Å². The first-order valence-corrected chi connectivity index (χ1v) is 18.2. The summed E-state index contributed by atoms with van der Waals surface area (Å²) < 4.78 is 2.45. The molecule has 49 heavy (non-hydrogen) atoms. The number of benzene rings is 1. The van der Waals surface area contributed by atoms with Crippen LogP contribution >= 0.6 is 11.3 Å². The van der Waals surface area contributed by atoms with E-state index < -0.39 is 0 Å². The summed E-state index contributed by atoms with van der Waals surface area (Å²) in [5.41, 5.74) is 8.47. The van der Waals surface area contributed by atoms with Crippen LogP contribution in [-0.4, -0.2) is 19.9 Å². The number of hydrogen-bond donors (Lipinski definition) is 1. The minimum Gasteiger partial charge on any atom is -0.325 e. The molecule has 254 valence electrons. The predicted octanol–water partition coefficient (Wildman–Crippen LogP) is 12.2. The number of nitrogens with zero attached hydrogens (tertiary/aromatic N) is 4. The maximum Gasteiger partial charge on any atom is 0.132 e. The summed E-state index contributed by atoms with van der Waals surface area (Å²) in [5, 5.41) is 6.11. The summed E-state index contributed by atoms with van der Waals surface area (Å²) in [6, 6.07) is 22.0. The molecule has 6 heteroatoms. The Morgan fingerprint density at radius 1 is 0.551 bits per heavy atom. The highest BCUT2D eigenvalue weighted by Crippen LogP contribution is 2.41. The van der Waals surface area contributed by atoms with Crippen LogP contribution in [0.2, 0.25) is 0 Å². The quantitative estimate of drug-likeness (QED) is 0.198. The number of aromatic nitrogens is 4. The molecule has 0 fully saturated rings. The van der Waals surface area contributed by atoms with E-state index in [0.29, 0.717) is 0 Å². The zero-order valence-electron chi connectivity index (χ0n) is 31.3. The summed E-state index contributed by atoms with van der Waals surface area (Å²) in [6.07, 6.45) is 4.85. The van der Waals surface area contributed by atoms with Crippen molar-refractivity contribution < 1.29 is 0 Å². The Bertz CT molecular complexity index is 2160. The molecular formula is C43H51N5S.